The first-order chi connectivity index (χ1) is 9.90. The highest BCUT2D eigenvalue weighted by atomic mass is 79.9. The molecule has 0 saturated carbocycles. The Morgan fingerprint density at radius 3 is 2.52 bits per heavy atom. The second kappa shape index (κ2) is 7.39. The van der Waals surface area contributed by atoms with E-state index in [4.69, 9.17) is 0 Å². The summed E-state index contributed by atoms with van der Waals surface area (Å²) < 4.78 is 9.13. The summed E-state index contributed by atoms with van der Waals surface area (Å²) in [6, 6.07) is 4.40. The van der Waals surface area contributed by atoms with Crippen LogP contribution in [0.1, 0.15) is 0 Å². The van der Waals surface area contributed by atoms with Crippen molar-refractivity contribution < 1.29 is 24.0 Å². The Morgan fingerprint density at radius 2 is 2.00 bits per heavy atom. The largest absolute Gasteiger partial charge is 0.466 e. The van der Waals surface area contributed by atoms with Crippen molar-refractivity contribution in [2.45, 2.75) is 0 Å². The highest BCUT2D eigenvalue weighted by molar-refractivity contribution is 9.10. The number of nitrogens with zero attached hydrogens (tertiary/aromatic N) is 1. The van der Waals surface area contributed by atoms with E-state index in [1.165, 1.54) is 18.2 Å². The van der Waals surface area contributed by atoms with Crippen molar-refractivity contribution in [1.82, 2.24) is 0 Å². The van der Waals surface area contributed by atoms with Gasteiger partial charge in [-0.1, -0.05) is 6.07 Å². The highest BCUT2D eigenvalue weighted by Crippen LogP contribution is 2.33. The van der Waals surface area contributed by atoms with Gasteiger partial charge in [-0.25, -0.2) is 9.59 Å². The van der Waals surface area contributed by atoms with Gasteiger partial charge in [-0.15, -0.1) is 0 Å². The van der Waals surface area contributed by atoms with Gasteiger partial charge >= 0.3 is 17.6 Å². The van der Waals surface area contributed by atoms with Crippen LogP contribution in [0.2, 0.25) is 0 Å². The molecule has 0 atom stereocenters. The molecule has 0 heterocycles. The number of carbonyl (C=O) groups is 2. The molecule has 8 nitrogen and oxygen atoms in total. The molecule has 1 aromatic rings. The molecule has 0 aliphatic rings. The lowest BCUT2D eigenvalue weighted by Gasteiger charge is -2.10. The van der Waals surface area contributed by atoms with Crippen LogP contribution in [0.25, 0.3) is 0 Å². The van der Waals surface area contributed by atoms with Crippen LogP contribution in [-0.2, 0) is 19.1 Å². The maximum Gasteiger partial charge on any atom is 0.354 e. The Morgan fingerprint density at radius 1 is 1.33 bits per heavy atom. The fourth-order valence-electron chi connectivity index (χ4n) is 1.38. The Labute approximate surface area is 128 Å². The third-order valence-corrected chi connectivity index (χ3v) is 2.95. The third-order valence-electron chi connectivity index (χ3n) is 2.31. The number of esters is 2. The lowest BCUT2D eigenvalue weighted by Crippen LogP contribution is -2.16. The molecule has 0 aliphatic carbocycles. The van der Waals surface area contributed by atoms with E-state index < -0.39 is 16.9 Å². The second-order valence-electron chi connectivity index (χ2n) is 3.59. The van der Waals surface area contributed by atoms with E-state index >= 15 is 0 Å². The molecule has 1 N–H and O–H groups in total. The summed E-state index contributed by atoms with van der Waals surface area (Å²) in [5.74, 6) is -1.67. The lowest BCUT2D eigenvalue weighted by atomic mass is 10.2. The van der Waals surface area contributed by atoms with Crippen LogP contribution in [0.3, 0.4) is 0 Å². The molecule has 0 bridgehead atoms. The molecule has 0 aliphatic heterocycles. The summed E-state index contributed by atoms with van der Waals surface area (Å²) in [4.78, 5) is 33.2. The maximum atomic E-state index is 11.6. The minimum absolute atomic E-state index is 0.0231. The number of nitrogens with one attached hydrogen (secondary N) is 1. The molecule has 0 aromatic heterocycles. The monoisotopic (exact) mass is 358 g/mol. The molecular weight excluding hydrogens is 348 g/mol. The summed E-state index contributed by atoms with van der Waals surface area (Å²) in [7, 11) is 2.25. The first-order valence-electron chi connectivity index (χ1n) is 5.48. The zero-order chi connectivity index (χ0) is 16.0. The number of halogens is 1. The molecule has 0 amide bonds. The molecule has 0 saturated heterocycles. The van der Waals surface area contributed by atoms with Gasteiger partial charge in [0.2, 0.25) is 0 Å². The van der Waals surface area contributed by atoms with Gasteiger partial charge in [0.15, 0.2) is 0 Å². The van der Waals surface area contributed by atoms with Crippen LogP contribution in [-0.4, -0.2) is 31.1 Å². The van der Waals surface area contributed by atoms with E-state index in [0.717, 1.165) is 20.3 Å². The number of nitro groups is 1. The molecule has 21 heavy (non-hydrogen) atoms. The minimum atomic E-state index is -0.866. The Hall–Kier alpha value is -2.42. The van der Waals surface area contributed by atoms with Crippen molar-refractivity contribution in [2.24, 2.45) is 0 Å². The fourth-order valence-corrected chi connectivity index (χ4v) is 1.89. The molecule has 0 spiro atoms. The highest BCUT2D eigenvalue weighted by Gasteiger charge is 2.21. The first-order valence-corrected chi connectivity index (χ1v) is 6.28. The van der Waals surface area contributed by atoms with E-state index in [1.807, 2.05) is 0 Å². The van der Waals surface area contributed by atoms with Crippen LogP contribution >= 0.6 is 15.9 Å². The first kappa shape index (κ1) is 16.6. The number of para-hydroxylation sites is 1. The summed E-state index contributed by atoms with van der Waals surface area (Å²) in [6.45, 7) is 0. The Kier molecular flexibility index (Phi) is 5.85. The van der Waals surface area contributed by atoms with E-state index in [0.29, 0.717) is 0 Å². The fraction of sp³-hybridized carbons (Fsp3) is 0.167. The van der Waals surface area contributed by atoms with Crippen molar-refractivity contribution in [3.8, 4) is 0 Å². The normalized spacial score (nSPS) is 10.7. The van der Waals surface area contributed by atoms with Gasteiger partial charge in [0, 0.05) is 0 Å². The number of benzene rings is 1. The van der Waals surface area contributed by atoms with Crippen LogP contribution in [0.5, 0.6) is 0 Å². The summed E-state index contributed by atoms with van der Waals surface area (Å²) >= 11 is 3.05. The van der Waals surface area contributed by atoms with Crippen LogP contribution in [0, 0.1) is 10.1 Å². The smallest absolute Gasteiger partial charge is 0.354 e. The molecule has 0 unspecified atom stereocenters. The van der Waals surface area contributed by atoms with Crippen molar-refractivity contribution in [3.05, 3.63) is 44.6 Å². The average Bonchev–Trinajstić information content (AvgIpc) is 2.45. The van der Waals surface area contributed by atoms with Crippen molar-refractivity contribution in [3.63, 3.8) is 0 Å². The minimum Gasteiger partial charge on any atom is -0.466 e. The van der Waals surface area contributed by atoms with Crippen molar-refractivity contribution in [2.75, 3.05) is 19.5 Å². The van der Waals surface area contributed by atoms with Gasteiger partial charge < -0.3 is 14.8 Å². The van der Waals surface area contributed by atoms with Crippen LogP contribution in [0.15, 0.2) is 34.4 Å². The van der Waals surface area contributed by atoms with E-state index in [-0.39, 0.29) is 21.5 Å². The quantitative estimate of drug-likeness (QED) is 0.371. The van der Waals surface area contributed by atoms with E-state index in [9.17, 15) is 19.7 Å². The van der Waals surface area contributed by atoms with E-state index in [1.54, 1.807) is 0 Å². The lowest BCUT2D eigenvalue weighted by molar-refractivity contribution is -0.384. The van der Waals surface area contributed by atoms with Crippen molar-refractivity contribution >= 4 is 39.2 Å². The predicted molar refractivity (Wildman–Crippen MR) is 76.5 cm³/mol. The van der Waals surface area contributed by atoms with Gasteiger partial charge in [0.05, 0.1) is 29.7 Å². The number of hydrogen-bond acceptors (Lipinski definition) is 7. The average molecular weight is 359 g/mol. The molecule has 0 radical (unpaired) electrons. The van der Waals surface area contributed by atoms with Gasteiger partial charge in [-0.2, -0.15) is 0 Å². The third kappa shape index (κ3) is 4.28. The topological polar surface area (TPSA) is 108 Å². The number of methoxy groups -OCH3 is 2. The number of hydrogen-bond donors (Lipinski definition) is 1. The van der Waals surface area contributed by atoms with Gasteiger partial charge in [0.1, 0.15) is 11.4 Å². The number of ether oxygens (including phenoxy) is 2. The summed E-state index contributed by atoms with van der Waals surface area (Å²) in [6.07, 6.45) is 0.844. The number of carbonyl (C=O) groups excluding carboxylic acids is 2. The van der Waals surface area contributed by atoms with Crippen molar-refractivity contribution in [1.29, 1.82) is 0 Å². The molecule has 1 rings (SSSR count). The second-order valence-corrected chi connectivity index (χ2v) is 4.45. The summed E-state index contributed by atoms with van der Waals surface area (Å²) in [5.41, 5.74) is -0.544. The maximum absolute atomic E-state index is 11.6. The molecule has 112 valence electrons. The Bertz CT molecular complexity index is 614. The molecule has 9 heteroatoms. The van der Waals surface area contributed by atoms with Gasteiger partial charge in [-0.05, 0) is 28.1 Å². The van der Waals surface area contributed by atoms with Crippen LogP contribution < -0.4 is 5.32 Å². The van der Waals surface area contributed by atoms with Gasteiger partial charge in [-0.3, -0.25) is 10.1 Å². The summed E-state index contributed by atoms with van der Waals surface area (Å²) in [5, 5.41) is 13.5. The van der Waals surface area contributed by atoms with Gasteiger partial charge in [0.25, 0.3) is 0 Å². The zero-order valence-electron chi connectivity index (χ0n) is 11.1. The Balaban J connectivity index is 3.25. The number of nitro benzene ring substituents is 1. The predicted octanol–water partition coefficient (Wildman–Crippen LogP) is 2.00. The number of rotatable bonds is 5. The van der Waals surface area contributed by atoms with E-state index in [2.05, 4.69) is 30.7 Å². The molecular formula is C12H11BrN2O6. The molecule has 1 aromatic carbocycles. The van der Waals surface area contributed by atoms with Crippen LogP contribution in [0.4, 0.5) is 11.4 Å². The zero-order valence-corrected chi connectivity index (χ0v) is 12.7. The standard InChI is InChI=1S/C12H11BrN2O6/c1-20-10(16)6-9(12(17)21-2)14-8-5-3-4-7(13)11(8)15(18)19/h3-6,14H,1-2H3/b9-6+. The molecule has 0 fully saturated rings. The SMILES string of the molecule is COC(=O)/C=C(/Nc1cccc(Br)c1[N+](=O)[O-])C(=O)OC. The number of anilines is 1.